The van der Waals surface area contributed by atoms with E-state index in [0.29, 0.717) is 0 Å². The van der Waals surface area contributed by atoms with Crippen LogP contribution in [0.25, 0.3) is 11.1 Å². The summed E-state index contributed by atoms with van der Waals surface area (Å²) in [5.74, 6) is 1.90. The average molecular weight is 407 g/mol. The Morgan fingerprint density at radius 3 is 2.20 bits per heavy atom. The second-order valence-electron chi connectivity index (χ2n) is 9.23. The number of benzene rings is 2. The molecule has 0 amide bonds. The third-order valence-electron chi connectivity index (χ3n) is 6.71. The summed E-state index contributed by atoms with van der Waals surface area (Å²) >= 11 is 0. The maximum atomic E-state index is 5.93. The van der Waals surface area contributed by atoms with Gasteiger partial charge in [-0.2, -0.15) is 0 Å². The molecule has 1 aliphatic rings. The lowest BCUT2D eigenvalue weighted by Crippen LogP contribution is -2.14. The summed E-state index contributed by atoms with van der Waals surface area (Å²) in [5, 5.41) is 0. The molecule has 1 unspecified atom stereocenters. The maximum Gasteiger partial charge on any atom is 0.119 e. The van der Waals surface area contributed by atoms with E-state index in [1.165, 1.54) is 88.2 Å². The molecule has 0 N–H and O–H groups in total. The van der Waals surface area contributed by atoms with Crippen molar-refractivity contribution in [3.8, 4) is 16.9 Å². The van der Waals surface area contributed by atoms with Gasteiger partial charge in [0.05, 0.1) is 6.61 Å². The molecule has 3 rings (SSSR count). The molecule has 0 spiro atoms. The van der Waals surface area contributed by atoms with E-state index in [1.54, 1.807) is 11.1 Å². The van der Waals surface area contributed by atoms with Crippen molar-refractivity contribution in [2.45, 2.75) is 97.3 Å². The molecule has 2 aromatic rings. The summed E-state index contributed by atoms with van der Waals surface area (Å²) in [4.78, 5) is 0. The number of hydrogen-bond donors (Lipinski definition) is 0. The molecule has 164 valence electrons. The van der Waals surface area contributed by atoms with Gasteiger partial charge in [0.1, 0.15) is 5.75 Å². The van der Waals surface area contributed by atoms with Gasteiger partial charge in [-0.25, -0.2) is 0 Å². The fourth-order valence-electron chi connectivity index (χ4n) is 4.76. The van der Waals surface area contributed by atoms with E-state index >= 15 is 0 Å². The summed E-state index contributed by atoms with van der Waals surface area (Å²) in [7, 11) is 0. The van der Waals surface area contributed by atoms with Crippen LogP contribution in [0.2, 0.25) is 0 Å². The Kier molecular flexibility index (Phi) is 9.80. The van der Waals surface area contributed by atoms with Crippen molar-refractivity contribution in [3.05, 3.63) is 53.6 Å². The summed E-state index contributed by atoms with van der Waals surface area (Å²) in [6, 6.07) is 15.8. The van der Waals surface area contributed by atoms with Crippen molar-refractivity contribution in [1.82, 2.24) is 0 Å². The van der Waals surface area contributed by atoms with Crippen LogP contribution in [0, 0.1) is 5.92 Å². The fourth-order valence-corrected chi connectivity index (χ4v) is 4.76. The van der Waals surface area contributed by atoms with Gasteiger partial charge in [-0.1, -0.05) is 102 Å². The summed E-state index contributed by atoms with van der Waals surface area (Å²) in [6.07, 6.45) is 17.3. The third-order valence-corrected chi connectivity index (χ3v) is 6.71. The molecule has 0 heterocycles. The van der Waals surface area contributed by atoms with Crippen LogP contribution in [0.4, 0.5) is 0 Å². The Balaban J connectivity index is 1.49. The van der Waals surface area contributed by atoms with E-state index in [4.69, 9.17) is 4.74 Å². The minimum absolute atomic E-state index is 0.835. The normalized spacial score (nSPS) is 15.7. The van der Waals surface area contributed by atoms with Crippen LogP contribution in [0.15, 0.2) is 42.5 Å². The van der Waals surface area contributed by atoms with E-state index in [9.17, 15) is 0 Å². The monoisotopic (exact) mass is 406 g/mol. The zero-order valence-corrected chi connectivity index (χ0v) is 19.4. The highest BCUT2D eigenvalue weighted by atomic mass is 16.5. The number of fused-ring (bicyclic) bond motifs is 1. The number of aryl methyl sites for hydroxylation is 1. The second-order valence-corrected chi connectivity index (χ2v) is 9.23. The van der Waals surface area contributed by atoms with Gasteiger partial charge in [-0.15, -0.1) is 0 Å². The van der Waals surface area contributed by atoms with E-state index in [2.05, 4.69) is 56.3 Å². The molecule has 0 aromatic heterocycles. The van der Waals surface area contributed by atoms with Crippen molar-refractivity contribution in [3.63, 3.8) is 0 Å². The standard InChI is InChI=1S/C29H42O/c1-3-5-7-9-11-21-30-29-19-17-25(18-20-29)27-16-15-26-22-24(12-10-8-6-4-2)13-14-28(26)23-27/h15-20,23-24H,3-14,21-22H2,1-2H3. The first-order valence-corrected chi connectivity index (χ1v) is 12.6. The first-order valence-electron chi connectivity index (χ1n) is 12.6. The molecule has 0 saturated carbocycles. The van der Waals surface area contributed by atoms with Crippen molar-refractivity contribution in [1.29, 1.82) is 0 Å². The predicted octanol–water partition coefficient (Wildman–Crippen LogP) is 8.78. The van der Waals surface area contributed by atoms with Gasteiger partial charge in [0.2, 0.25) is 0 Å². The van der Waals surface area contributed by atoms with Crippen LogP contribution < -0.4 is 4.74 Å². The molecule has 30 heavy (non-hydrogen) atoms. The van der Waals surface area contributed by atoms with Crippen molar-refractivity contribution in [2.75, 3.05) is 6.61 Å². The first kappa shape index (κ1) is 22.9. The molecule has 0 fully saturated rings. The van der Waals surface area contributed by atoms with Crippen molar-refractivity contribution in [2.24, 2.45) is 5.92 Å². The lowest BCUT2D eigenvalue weighted by Gasteiger charge is -2.25. The number of ether oxygens (including phenoxy) is 1. The smallest absolute Gasteiger partial charge is 0.119 e. The van der Waals surface area contributed by atoms with E-state index < -0.39 is 0 Å². The second kappa shape index (κ2) is 12.8. The Morgan fingerprint density at radius 2 is 1.43 bits per heavy atom. The van der Waals surface area contributed by atoms with E-state index in [-0.39, 0.29) is 0 Å². The predicted molar refractivity (Wildman–Crippen MR) is 130 cm³/mol. The summed E-state index contributed by atoms with van der Waals surface area (Å²) in [5.41, 5.74) is 5.81. The molecule has 1 heteroatoms. The van der Waals surface area contributed by atoms with Gasteiger partial charge in [0.15, 0.2) is 0 Å². The number of hydrogen-bond acceptors (Lipinski definition) is 1. The van der Waals surface area contributed by atoms with Crippen LogP contribution in [0.5, 0.6) is 5.75 Å². The van der Waals surface area contributed by atoms with Gasteiger partial charge in [0.25, 0.3) is 0 Å². The van der Waals surface area contributed by atoms with Crippen LogP contribution in [0.3, 0.4) is 0 Å². The van der Waals surface area contributed by atoms with E-state index in [1.807, 2.05) is 0 Å². The van der Waals surface area contributed by atoms with E-state index in [0.717, 1.165) is 24.7 Å². The van der Waals surface area contributed by atoms with Crippen molar-refractivity contribution < 1.29 is 4.74 Å². The Bertz CT molecular complexity index is 731. The van der Waals surface area contributed by atoms with Gasteiger partial charge >= 0.3 is 0 Å². The summed E-state index contributed by atoms with van der Waals surface area (Å²) in [6.45, 7) is 5.39. The largest absolute Gasteiger partial charge is 0.494 e. The molecule has 1 nitrogen and oxygen atoms in total. The average Bonchev–Trinajstić information content (AvgIpc) is 2.79. The van der Waals surface area contributed by atoms with Gasteiger partial charge in [-0.3, -0.25) is 0 Å². The number of rotatable bonds is 13. The molecule has 1 aliphatic carbocycles. The highest BCUT2D eigenvalue weighted by molar-refractivity contribution is 5.66. The zero-order chi connectivity index (χ0) is 21.0. The summed E-state index contributed by atoms with van der Waals surface area (Å²) < 4.78 is 5.93. The van der Waals surface area contributed by atoms with Crippen LogP contribution in [0.1, 0.15) is 95.6 Å². The molecule has 2 aromatic carbocycles. The molecular formula is C29H42O. The Morgan fingerprint density at radius 1 is 0.733 bits per heavy atom. The highest BCUT2D eigenvalue weighted by Gasteiger charge is 2.18. The number of unbranched alkanes of at least 4 members (excludes halogenated alkanes) is 7. The fraction of sp³-hybridized carbons (Fsp3) is 0.586. The van der Waals surface area contributed by atoms with Crippen LogP contribution >= 0.6 is 0 Å². The Labute approximate surface area is 185 Å². The zero-order valence-electron chi connectivity index (χ0n) is 19.4. The quantitative estimate of drug-likeness (QED) is 0.302. The topological polar surface area (TPSA) is 9.23 Å². The maximum absolute atomic E-state index is 5.93. The lowest BCUT2D eigenvalue weighted by molar-refractivity contribution is 0.304. The van der Waals surface area contributed by atoms with Gasteiger partial charge in [-0.05, 0) is 66.0 Å². The van der Waals surface area contributed by atoms with Crippen LogP contribution in [-0.4, -0.2) is 6.61 Å². The lowest BCUT2D eigenvalue weighted by atomic mass is 9.80. The molecular weight excluding hydrogens is 364 g/mol. The van der Waals surface area contributed by atoms with Crippen LogP contribution in [-0.2, 0) is 12.8 Å². The highest BCUT2D eigenvalue weighted by Crippen LogP contribution is 2.32. The van der Waals surface area contributed by atoms with Crippen molar-refractivity contribution >= 4 is 0 Å². The molecule has 0 bridgehead atoms. The molecule has 1 atom stereocenters. The molecule has 0 radical (unpaired) electrons. The Hall–Kier alpha value is -1.76. The molecule has 0 saturated heterocycles. The minimum atomic E-state index is 0.835. The molecule has 0 aliphatic heterocycles. The van der Waals surface area contributed by atoms with Gasteiger partial charge in [0, 0.05) is 0 Å². The third kappa shape index (κ3) is 7.18. The SMILES string of the molecule is CCCCCCCOc1ccc(-c2ccc3c(c2)CCC(CCCCCC)C3)cc1. The first-order chi connectivity index (χ1) is 14.8. The van der Waals surface area contributed by atoms with Gasteiger partial charge < -0.3 is 4.74 Å². The minimum Gasteiger partial charge on any atom is -0.494 e.